The summed E-state index contributed by atoms with van der Waals surface area (Å²) in [5.41, 5.74) is 6.67. The summed E-state index contributed by atoms with van der Waals surface area (Å²) in [7, 11) is 1.53. The third-order valence-corrected chi connectivity index (χ3v) is 3.05. The quantitative estimate of drug-likeness (QED) is 0.620. The Morgan fingerprint density at radius 3 is 2.88 bits per heavy atom. The van der Waals surface area contributed by atoms with Crippen LogP contribution in [0.2, 0.25) is 0 Å². The van der Waals surface area contributed by atoms with Gasteiger partial charge in [0.2, 0.25) is 0 Å². The molecule has 16 heavy (non-hydrogen) atoms. The van der Waals surface area contributed by atoms with Crippen LogP contribution in [0.15, 0.2) is 18.2 Å². The molecule has 1 aromatic carbocycles. The van der Waals surface area contributed by atoms with E-state index in [0.717, 1.165) is 12.0 Å². The fourth-order valence-electron chi connectivity index (χ4n) is 2.01. The highest BCUT2D eigenvalue weighted by molar-refractivity contribution is 5.47. The summed E-state index contributed by atoms with van der Waals surface area (Å²) in [6.07, 6.45) is 1.05. The van der Waals surface area contributed by atoms with Crippen molar-refractivity contribution in [3.05, 3.63) is 33.9 Å². The fraction of sp³-hybridized carbons (Fsp3) is 0.455. The average Bonchev–Trinajstić information content (AvgIpc) is 3.07. The van der Waals surface area contributed by atoms with Crippen molar-refractivity contribution >= 4 is 5.69 Å². The van der Waals surface area contributed by atoms with Gasteiger partial charge in [0.15, 0.2) is 0 Å². The number of nitro groups is 1. The summed E-state index contributed by atoms with van der Waals surface area (Å²) in [6.45, 7) is 0.658. The number of rotatable bonds is 4. The van der Waals surface area contributed by atoms with Gasteiger partial charge in [-0.25, -0.2) is 0 Å². The minimum atomic E-state index is -0.417. The van der Waals surface area contributed by atoms with Gasteiger partial charge in [-0.15, -0.1) is 0 Å². The predicted octanol–water partition coefficient (Wildman–Crippen LogP) is 1.67. The Labute approximate surface area is 93.4 Å². The Balaban J connectivity index is 2.29. The molecule has 0 spiro atoms. The smallest absolute Gasteiger partial charge is 0.273 e. The number of methoxy groups -OCH3 is 1. The standard InChI is InChI=1S/C11H14N2O3/c1-16-11-5-8(13(14)15)2-3-9(11)10-4-7(10)6-12/h2-3,5,7,10H,4,6,12H2,1H3/t7-,10+/m0/s1. The van der Waals surface area contributed by atoms with E-state index in [1.54, 1.807) is 6.07 Å². The van der Waals surface area contributed by atoms with Crippen molar-refractivity contribution in [2.24, 2.45) is 11.7 Å². The molecule has 2 rings (SSSR count). The van der Waals surface area contributed by atoms with Crippen molar-refractivity contribution < 1.29 is 9.66 Å². The van der Waals surface area contributed by atoms with Gasteiger partial charge in [0.05, 0.1) is 18.1 Å². The van der Waals surface area contributed by atoms with Gasteiger partial charge in [-0.2, -0.15) is 0 Å². The van der Waals surface area contributed by atoms with Crippen LogP contribution in [0.25, 0.3) is 0 Å². The molecule has 1 aliphatic carbocycles. The van der Waals surface area contributed by atoms with Crippen molar-refractivity contribution in [3.63, 3.8) is 0 Å². The fourth-order valence-corrected chi connectivity index (χ4v) is 2.01. The molecule has 0 heterocycles. The number of nitrogens with zero attached hydrogens (tertiary/aromatic N) is 1. The molecule has 2 atom stereocenters. The van der Waals surface area contributed by atoms with Gasteiger partial charge < -0.3 is 10.5 Å². The lowest BCUT2D eigenvalue weighted by molar-refractivity contribution is -0.384. The van der Waals surface area contributed by atoms with E-state index in [-0.39, 0.29) is 5.69 Å². The Hall–Kier alpha value is -1.62. The summed E-state index contributed by atoms with van der Waals surface area (Å²) in [4.78, 5) is 10.2. The first-order chi connectivity index (χ1) is 7.67. The first-order valence-electron chi connectivity index (χ1n) is 5.19. The number of benzene rings is 1. The predicted molar refractivity (Wildman–Crippen MR) is 59.6 cm³/mol. The van der Waals surface area contributed by atoms with Crippen LogP contribution in [-0.4, -0.2) is 18.6 Å². The molecule has 1 fully saturated rings. The van der Waals surface area contributed by atoms with E-state index in [4.69, 9.17) is 10.5 Å². The van der Waals surface area contributed by atoms with Crippen LogP contribution in [0.3, 0.4) is 0 Å². The van der Waals surface area contributed by atoms with Crippen molar-refractivity contribution in [1.29, 1.82) is 0 Å². The molecule has 5 nitrogen and oxygen atoms in total. The van der Waals surface area contributed by atoms with Crippen LogP contribution >= 0.6 is 0 Å². The highest BCUT2D eigenvalue weighted by Crippen LogP contribution is 2.50. The Kier molecular flexibility index (Phi) is 2.78. The monoisotopic (exact) mass is 222 g/mol. The van der Waals surface area contributed by atoms with Crippen molar-refractivity contribution in [2.75, 3.05) is 13.7 Å². The molecule has 0 amide bonds. The number of non-ortho nitro benzene ring substituents is 1. The molecule has 0 aliphatic heterocycles. The molecule has 0 saturated heterocycles. The average molecular weight is 222 g/mol. The second kappa shape index (κ2) is 4.09. The third-order valence-electron chi connectivity index (χ3n) is 3.05. The maximum atomic E-state index is 10.6. The molecule has 1 aliphatic rings. The van der Waals surface area contributed by atoms with Crippen molar-refractivity contribution in [2.45, 2.75) is 12.3 Å². The van der Waals surface area contributed by atoms with Crippen LogP contribution in [0.5, 0.6) is 5.75 Å². The zero-order valence-corrected chi connectivity index (χ0v) is 9.05. The summed E-state index contributed by atoms with van der Waals surface area (Å²) < 4.78 is 5.19. The first-order valence-corrected chi connectivity index (χ1v) is 5.19. The zero-order chi connectivity index (χ0) is 11.7. The van der Waals surface area contributed by atoms with Gasteiger partial charge in [-0.3, -0.25) is 10.1 Å². The lowest BCUT2D eigenvalue weighted by atomic mass is 10.1. The molecular formula is C11H14N2O3. The minimum Gasteiger partial charge on any atom is -0.496 e. The second-order valence-electron chi connectivity index (χ2n) is 4.02. The van der Waals surface area contributed by atoms with E-state index in [9.17, 15) is 10.1 Å². The zero-order valence-electron chi connectivity index (χ0n) is 9.05. The topological polar surface area (TPSA) is 78.4 Å². The van der Waals surface area contributed by atoms with Crippen LogP contribution < -0.4 is 10.5 Å². The molecule has 0 aromatic heterocycles. The molecule has 86 valence electrons. The van der Waals surface area contributed by atoms with Gasteiger partial charge in [0.1, 0.15) is 5.75 Å². The van der Waals surface area contributed by atoms with E-state index in [1.165, 1.54) is 19.2 Å². The molecule has 2 N–H and O–H groups in total. The maximum absolute atomic E-state index is 10.6. The Morgan fingerprint density at radius 2 is 2.38 bits per heavy atom. The largest absolute Gasteiger partial charge is 0.496 e. The number of nitro benzene ring substituents is 1. The summed E-state index contributed by atoms with van der Waals surface area (Å²) in [6, 6.07) is 4.77. The van der Waals surface area contributed by atoms with Gasteiger partial charge in [-0.05, 0) is 36.4 Å². The second-order valence-corrected chi connectivity index (χ2v) is 4.02. The van der Waals surface area contributed by atoms with Crippen molar-refractivity contribution in [1.82, 2.24) is 0 Å². The molecular weight excluding hydrogens is 208 g/mol. The highest BCUT2D eigenvalue weighted by Gasteiger charge is 2.39. The normalized spacial score (nSPS) is 22.9. The summed E-state index contributed by atoms with van der Waals surface area (Å²) >= 11 is 0. The van der Waals surface area contributed by atoms with Crippen LogP contribution in [-0.2, 0) is 0 Å². The number of hydrogen-bond acceptors (Lipinski definition) is 4. The molecule has 1 saturated carbocycles. The lowest BCUT2D eigenvalue weighted by Gasteiger charge is -2.07. The SMILES string of the molecule is COc1cc([N+](=O)[O-])ccc1[C@@H]1C[C@H]1CN. The van der Waals surface area contributed by atoms with Crippen LogP contribution in [0.4, 0.5) is 5.69 Å². The summed E-state index contributed by atoms with van der Waals surface area (Å²) in [5.74, 6) is 1.49. The van der Waals surface area contributed by atoms with E-state index < -0.39 is 4.92 Å². The van der Waals surface area contributed by atoms with Crippen molar-refractivity contribution in [3.8, 4) is 5.75 Å². The Bertz CT molecular complexity index is 420. The molecule has 0 radical (unpaired) electrons. The van der Waals surface area contributed by atoms with E-state index >= 15 is 0 Å². The lowest BCUT2D eigenvalue weighted by Crippen LogP contribution is -2.02. The third kappa shape index (κ3) is 1.86. The van der Waals surface area contributed by atoms with E-state index in [2.05, 4.69) is 0 Å². The van der Waals surface area contributed by atoms with Gasteiger partial charge >= 0.3 is 0 Å². The first kappa shape index (κ1) is 10.9. The van der Waals surface area contributed by atoms with E-state index in [0.29, 0.717) is 24.1 Å². The van der Waals surface area contributed by atoms with Gasteiger partial charge in [0, 0.05) is 6.07 Å². The van der Waals surface area contributed by atoms with E-state index in [1.807, 2.05) is 0 Å². The van der Waals surface area contributed by atoms with Gasteiger partial charge in [0.25, 0.3) is 5.69 Å². The van der Waals surface area contributed by atoms with Crippen LogP contribution in [0.1, 0.15) is 17.9 Å². The molecule has 1 aromatic rings. The van der Waals surface area contributed by atoms with Crippen LogP contribution in [0, 0.1) is 16.0 Å². The number of ether oxygens (including phenoxy) is 1. The number of nitrogens with two attached hydrogens (primary N) is 1. The Morgan fingerprint density at radius 1 is 1.62 bits per heavy atom. The highest BCUT2D eigenvalue weighted by atomic mass is 16.6. The molecule has 0 unspecified atom stereocenters. The molecule has 0 bridgehead atoms. The molecule has 5 heteroatoms. The summed E-state index contributed by atoms with van der Waals surface area (Å²) in [5, 5.41) is 10.6. The van der Waals surface area contributed by atoms with Gasteiger partial charge in [-0.1, -0.05) is 0 Å². The maximum Gasteiger partial charge on any atom is 0.273 e. The minimum absolute atomic E-state index is 0.0607. The number of hydrogen-bond donors (Lipinski definition) is 1.